The van der Waals surface area contributed by atoms with Crippen molar-refractivity contribution in [2.24, 2.45) is 0 Å². The second-order valence-electron chi connectivity index (χ2n) is 2.85. The highest BCUT2D eigenvalue weighted by Gasteiger charge is 1.99. The lowest BCUT2D eigenvalue weighted by atomic mass is 10.4. The first kappa shape index (κ1) is 7.55. The molecule has 0 radical (unpaired) electrons. The van der Waals surface area contributed by atoms with Gasteiger partial charge in [0.15, 0.2) is 0 Å². The normalized spacial score (nSPS) is 10.5. The zero-order valence-electron chi connectivity index (χ0n) is 7.11. The molecule has 0 unspecified atom stereocenters. The fourth-order valence-electron chi connectivity index (χ4n) is 1.08. The minimum absolute atomic E-state index is 1.18. The molecule has 0 atom stereocenters. The topological polar surface area (TPSA) is 17.8 Å². The number of hydrogen-bond acceptors (Lipinski definition) is 2. The van der Waals surface area contributed by atoms with E-state index in [1.807, 2.05) is 24.0 Å². The van der Waals surface area contributed by atoms with Crippen LogP contribution in [0.3, 0.4) is 0 Å². The Balaban J connectivity index is 2.43. The Kier molecular flexibility index (Phi) is 1.73. The third-order valence-electron chi connectivity index (χ3n) is 1.66. The van der Waals surface area contributed by atoms with E-state index in [1.54, 1.807) is 11.3 Å². The second-order valence-corrected chi connectivity index (χ2v) is 4.11. The predicted octanol–water partition coefficient (Wildman–Crippen LogP) is 2.55. The monoisotopic (exact) mass is 178 g/mol. The van der Waals surface area contributed by atoms with Gasteiger partial charge in [-0.15, -0.1) is 11.3 Å². The SMILES string of the molecule is Cc1cnn(-c2ccc(C)s2)c1. The first-order valence-corrected chi connectivity index (χ1v) is 4.65. The Bertz CT molecular complexity index is 348. The van der Waals surface area contributed by atoms with E-state index in [9.17, 15) is 0 Å². The molecular weight excluding hydrogens is 168 g/mol. The van der Waals surface area contributed by atoms with Crippen molar-refractivity contribution in [1.29, 1.82) is 0 Å². The molecule has 2 rings (SSSR count). The maximum absolute atomic E-state index is 4.23. The van der Waals surface area contributed by atoms with Crippen LogP contribution in [-0.2, 0) is 0 Å². The average Bonchev–Trinajstić information content (AvgIpc) is 2.58. The fraction of sp³-hybridized carbons (Fsp3) is 0.222. The molecule has 0 aliphatic heterocycles. The lowest BCUT2D eigenvalue weighted by Crippen LogP contribution is -1.88. The smallest absolute Gasteiger partial charge is 0.117 e. The van der Waals surface area contributed by atoms with Gasteiger partial charge < -0.3 is 0 Å². The molecule has 0 bridgehead atoms. The molecule has 0 aliphatic carbocycles. The van der Waals surface area contributed by atoms with Gasteiger partial charge in [0, 0.05) is 11.1 Å². The van der Waals surface area contributed by atoms with Crippen molar-refractivity contribution in [2.75, 3.05) is 0 Å². The maximum atomic E-state index is 4.23. The van der Waals surface area contributed by atoms with Crippen LogP contribution in [-0.4, -0.2) is 9.78 Å². The average molecular weight is 178 g/mol. The number of aryl methyl sites for hydroxylation is 2. The van der Waals surface area contributed by atoms with Crippen LogP contribution in [0.1, 0.15) is 10.4 Å². The Morgan fingerprint density at radius 1 is 1.33 bits per heavy atom. The Morgan fingerprint density at radius 2 is 2.17 bits per heavy atom. The van der Waals surface area contributed by atoms with Gasteiger partial charge in [-0.05, 0) is 31.5 Å². The number of thiophene rings is 1. The molecule has 0 N–H and O–H groups in total. The molecule has 2 aromatic heterocycles. The molecule has 12 heavy (non-hydrogen) atoms. The molecule has 0 fully saturated rings. The molecule has 2 heterocycles. The van der Waals surface area contributed by atoms with Crippen LogP contribution in [0.4, 0.5) is 0 Å². The first-order chi connectivity index (χ1) is 5.75. The summed E-state index contributed by atoms with van der Waals surface area (Å²) < 4.78 is 1.91. The molecule has 0 saturated heterocycles. The summed E-state index contributed by atoms with van der Waals surface area (Å²) in [6.45, 7) is 4.15. The summed E-state index contributed by atoms with van der Waals surface area (Å²) >= 11 is 1.75. The van der Waals surface area contributed by atoms with E-state index in [4.69, 9.17) is 0 Å². The van der Waals surface area contributed by atoms with E-state index in [1.165, 1.54) is 15.4 Å². The number of nitrogens with zero attached hydrogens (tertiary/aromatic N) is 2. The molecular formula is C9H10N2S. The van der Waals surface area contributed by atoms with Crippen LogP contribution in [0.25, 0.3) is 5.00 Å². The first-order valence-electron chi connectivity index (χ1n) is 3.84. The third kappa shape index (κ3) is 1.28. The van der Waals surface area contributed by atoms with Crippen LogP contribution in [0, 0.1) is 13.8 Å². The lowest BCUT2D eigenvalue weighted by molar-refractivity contribution is 0.897. The summed E-state index contributed by atoms with van der Waals surface area (Å²) in [4.78, 5) is 1.32. The molecule has 0 spiro atoms. The van der Waals surface area contributed by atoms with Gasteiger partial charge in [0.2, 0.25) is 0 Å². The minimum Gasteiger partial charge on any atom is -0.231 e. The molecule has 0 amide bonds. The summed E-state index contributed by atoms with van der Waals surface area (Å²) in [5, 5.41) is 5.41. The van der Waals surface area contributed by atoms with Gasteiger partial charge in [-0.25, -0.2) is 4.68 Å². The van der Waals surface area contributed by atoms with Crippen molar-refractivity contribution in [3.05, 3.63) is 35.0 Å². The molecule has 0 saturated carbocycles. The maximum Gasteiger partial charge on any atom is 0.117 e. The van der Waals surface area contributed by atoms with Gasteiger partial charge in [0.05, 0.1) is 6.20 Å². The Labute approximate surface area is 75.5 Å². The van der Waals surface area contributed by atoms with E-state index in [0.717, 1.165) is 0 Å². The summed E-state index contributed by atoms with van der Waals surface area (Å²) in [6.07, 6.45) is 3.90. The molecule has 2 aromatic rings. The summed E-state index contributed by atoms with van der Waals surface area (Å²) in [7, 11) is 0. The number of rotatable bonds is 1. The van der Waals surface area contributed by atoms with Crippen molar-refractivity contribution < 1.29 is 0 Å². The van der Waals surface area contributed by atoms with E-state index < -0.39 is 0 Å². The molecule has 0 aromatic carbocycles. The largest absolute Gasteiger partial charge is 0.231 e. The summed E-state index contributed by atoms with van der Waals surface area (Å²) in [6, 6.07) is 4.20. The van der Waals surface area contributed by atoms with Crippen molar-refractivity contribution in [1.82, 2.24) is 9.78 Å². The van der Waals surface area contributed by atoms with E-state index >= 15 is 0 Å². The predicted molar refractivity (Wildman–Crippen MR) is 50.9 cm³/mol. The van der Waals surface area contributed by atoms with Crippen molar-refractivity contribution in [2.45, 2.75) is 13.8 Å². The van der Waals surface area contributed by atoms with Crippen molar-refractivity contribution in [3.63, 3.8) is 0 Å². The van der Waals surface area contributed by atoms with Gasteiger partial charge in [-0.2, -0.15) is 5.10 Å². The molecule has 2 nitrogen and oxygen atoms in total. The number of hydrogen-bond donors (Lipinski definition) is 0. The van der Waals surface area contributed by atoms with Gasteiger partial charge in [-0.3, -0.25) is 0 Å². The summed E-state index contributed by atoms with van der Waals surface area (Å²) in [5.41, 5.74) is 1.20. The quantitative estimate of drug-likeness (QED) is 0.656. The fourth-order valence-corrected chi connectivity index (χ4v) is 1.87. The van der Waals surface area contributed by atoms with Crippen molar-refractivity contribution in [3.8, 4) is 5.00 Å². The van der Waals surface area contributed by atoms with Crippen molar-refractivity contribution >= 4 is 11.3 Å². The van der Waals surface area contributed by atoms with E-state index in [0.29, 0.717) is 0 Å². The second kappa shape index (κ2) is 2.75. The summed E-state index contributed by atoms with van der Waals surface area (Å²) in [5.74, 6) is 0. The highest BCUT2D eigenvalue weighted by Crippen LogP contribution is 2.18. The molecule has 62 valence electrons. The van der Waals surface area contributed by atoms with Crippen LogP contribution in [0.2, 0.25) is 0 Å². The molecule has 0 aliphatic rings. The van der Waals surface area contributed by atoms with E-state index in [2.05, 4.69) is 24.2 Å². The zero-order valence-corrected chi connectivity index (χ0v) is 7.93. The standard InChI is InChI=1S/C9H10N2S/c1-7-5-10-11(6-7)9-4-3-8(2)12-9/h3-6H,1-2H3. The zero-order chi connectivity index (χ0) is 8.55. The van der Waals surface area contributed by atoms with Crippen LogP contribution < -0.4 is 0 Å². The Hall–Kier alpha value is -1.09. The molecule has 3 heteroatoms. The number of aromatic nitrogens is 2. The highest BCUT2D eigenvalue weighted by molar-refractivity contribution is 7.14. The lowest BCUT2D eigenvalue weighted by Gasteiger charge is -1.92. The van der Waals surface area contributed by atoms with Crippen LogP contribution in [0.15, 0.2) is 24.5 Å². The third-order valence-corrected chi connectivity index (χ3v) is 2.65. The van der Waals surface area contributed by atoms with Gasteiger partial charge >= 0.3 is 0 Å². The Morgan fingerprint density at radius 3 is 2.67 bits per heavy atom. The van der Waals surface area contributed by atoms with Gasteiger partial charge in [0.1, 0.15) is 5.00 Å². The van der Waals surface area contributed by atoms with Gasteiger partial charge in [0.25, 0.3) is 0 Å². The highest BCUT2D eigenvalue weighted by atomic mass is 32.1. The van der Waals surface area contributed by atoms with Gasteiger partial charge in [-0.1, -0.05) is 0 Å². The van der Waals surface area contributed by atoms with Crippen LogP contribution in [0.5, 0.6) is 0 Å². The van der Waals surface area contributed by atoms with Crippen LogP contribution >= 0.6 is 11.3 Å². The minimum atomic E-state index is 1.18. The van der Waals surface area contributed by atoms with E-state index in [-0.39, 0.29) is 0 Å².